The molecule has 0 atom stereocenters. The third kappa shape index (κ3) is 3.38. The second-order valence-corrected chi connectivity index (χ2v) is 4.69. The first-order valence-corrected chi connectivity index (χ1v) is 6.26. The molecule has 0 saturated carbocycles. The summed E-state index contributed by atoms with van der Waals surface area (Å²) in [5.41, 5.74) is 6.86. The number of nitrogen functional groups attached to an aromatic ring is 1. The lowest BCUT2D eigenvalue weighted by atomic mass is 10.2. The molecule has 0 aliphatic carbocycles. The zero-order valence-electron chi connectivity index (χ0n) is 9.85. The largest absolute Gasteiger partial charge is 0.506 e. The zero-order valence-corrected chi connectivity index (χ0v) is 11.4. The molecule has 5 nitrogen and oxygen atoms in total. The van der Waals surface area contributed by atoms with Gasteiger partial charge in [-0.25, -0.2) is 4.79 Å². The number of hydrogen-bond donors (Lipinski definition) is 4. The number of halogens is 1. The zero-order chi connectivity index (χ0) is 13.8. The van der Waals surface area contributed by atoms with Gasteiger partial charge in [0.1, 0.15) is 5.75 Å². The molecular formula is C13H12BrN3O2. The number of nitrogens with two attached hydrogens (primary N) is 1. The Bertz CT molecular complexity index is 617. The van der Waals surface area contributed by atoms with Gasteiger partial charge in [-0.1, -0.05) is 12.1 Å². The Hall–Kier alpha value is -2.21. The van der Waals surface area contributed by atoms with Gasteiger partial charge in [0.05, 0.1) is 11.4 Å². The van der Waals surface area contributed by atoms with Crippen molar-refractivity contribution in [1.82, 2.24) is 0 Å². The van der Waals surface area contributed by atoms with Gasteiger partial charge >= 0.3 is 6.03 Å². The van der Waals surface area contributed by atoms with Crippen LogP contribution >= 0.6 is 15.9 Å². The number of urea groups is 1. The Morgan fingerprint density at radius 1 is 1.11 bits per heavy atom. The minimum absolute atomic E-state index is 0.0812. The molecular weight excluding hydrogens is 310 g/mol. The smallest absolute Gasteiger partial charge is 0.323 e. The van der Waals surface area contributed by atoms with Crippen LogP contribution in [-0.2, 0) is 0 Å². The van der Waals surface area contributed by atoms with Crippen LogP contribution in [-0.4, -0.2) is 11.1 Å². The van der Waals surface area contributed by atoms with E-state index in [1.807, 2.05) is 12.1 Å². The summed E-state index contributed by atoms with van der Waals surface area (Å²) < 4.78 is 0.770. The Morgan fingerprint density at radius 2 is 1.79 bits per heavy atom. The summed E-state index contributed by atoms with van der Waals surface area (Å²) >= 11 is 3.33. The first-order valence-electron chi connectivity index (χ1n) is 5.47. The topological polar surface area (TPSA) is 87.4 Å². The average Bonchev–Trinajstić information content (AvgIpc) is 2.36. The van der Waals surface area contributed by atoms with E-state index in [9.17, 15) is 9.90 Å². The summed E-state index contributed by atoms with van der Waals surface area (Å²) in [6.07, 6.45) is 0. The van der Waals surface area contributed by atoms with E-state index in [1.54, 1.807) is 18.2 Å². The van der Waals surface area contributed by atoms with Crippen molar-refractivity contribution in [2.75, 3.05) is 16.4 Å². The van der Waals surface area contributed by atoms with Crippen molar-refractivity contribution in [3.05, 3.63) is 46.9 Å². The van der Waals surface area contributed by atoms with Crippen LogP contribution in [0.5, 0.6) is 5.75 Å². The number of carbonyl (C=O) groups is 1. The summed E-state index contributed by atoms with van der Waals surface area (Å²) in [5, 5.41) is 14.8. The number of rotatable bonds is 2. The maximum absolute atomic E-state index is 11.8. The fourth-order valence-electron chi connectivity index (χ4n) is 1.49. The summed E-state index contributed by atoms with van der Waals surface area (Å²) in [6.45, 7) is 0. The molecule has 0 radical (unpaired) electrons. The number of amides is 2. The van der Waals surface area contributed by atoms with Crippen molar-refractivity contribution in [3.8, 4) is 5.75 Å². The number of hydrogen-bond acceptors (Lipinski definition) is 3. The van der Waals surface area contributed by atoms with Crippen molar-refractivity contribution in [3.63, 3.8) is 0 Å². The van der Waals surface area contributed by atoms with E-state index in [0.717, 1.165) is 4.47 Å². The third-order valence-corrected chi connectivity index (χ3v) is 3.08. The molecule has 19 heavy (non-hydrogen) atoms. The summed E-state index contributed by atoms with van der Waals surface area (Å²) in [4.78, 5) is 11.8. The van der Waals surface area contributed by atoms with Crippen LogP contribution in [0.4, 0.5) is 21.9 Å². The highest BCUT2D eigenvalue weighted by Crippen LogP contribution is 2.26. The number of phenols is 1. The molecule has 2 aromatic rings. The third-order valence-electron chi connectivity index (χ3n) is 2.39. The second kappa shape index (κ2) is 5.62. The predicted octanol–water partition coefficient (Wildman–Crippen LogP) is 3.38. The molecule has 0 spiro atoms. The molecule has 0 aliphatic rings. The van der Waals surface area contributed by atoms with Crippen molar-refractivity contribution in [2.24, 2.45) is 0 Å². The number of benzene rings is 2. The first kappa shape index (κ1) is 13.2. The quantitative estimate of drug-likeness (QED) is 0.505. The van der Waals surface area contributed by atoms with Crippen molar-refractivity contribution in [2.45, 2.75) is 0 Å². The van der Waals surface area contributed by atoms with E-state index >= 15 is 0 Å². The first-order chi connectivity index (χ1) is 9.06. The standard InChI is InChI=1S/C13H12BrN3O2/c14-9-3-1-2-4-10(9)16-13(19)17-11-6-5-8(15)7-12(11)18/h1-7,18H,15H2,(H2,16,17,19). The fraction of sp³-hybridized carbons (Fsp3) is 0. The number of para-hydroxylation sites is 1. The lowest BCUT2D eigenvalue weighted by Crippen LogP contribution is -2.19. The minimum Gasteiger partial charge on any atom is -0.506 e. The molecule has 0 unspecified atom stereocenters. The number of aromatic hydroxyl groups is 1. The lowest BCUT2D eigenvalue weighted by molar-refractivity contribution is 0.262. The van der Waals surface area contributed by atoms with Crippen molar-refractivity contribution < 1.29 is 9.90 Å². The van der Waals surface area contributed by atoms with Crippen molar-refractivity contribution in [1.29, 1.82) is 0 Å². The normalized spacial score (nSPS) is 9.95. The highest BCUT2D eigenvalue weighted by Gasteiger charge is 2.08. The van der Waals surface area contributed by atoms with E-state index in [-0.39, 0.29) is 5.75 Å². The Morgan fingerprint density at radius 3 is 2.47 bits per heavy atom. The number of nitrogens with one attached hydrogen (secondary N) is 2. The molecule has 6 heteroatoms. The Labute approximate surface area is 118 Å². The highest BCUT2D eigenvalue weighted by molar-refractivity contribution is 9.10. The number of carbonyl (C=O) groups excluding carboxylic acids is 1. The number of anilines is 3. The summed E-state index contributed by atoms with van der Waals surface area (Å²) in [7, 11) is 0. The highest BCUT2D eigenvalue weighted by atomic mass is 79.9. The molecule has 2 rings (SSSR count). The lowest BCUT2D eigenvalue weighted by Gasteiger charge is -2.10. The molecule has 0 fully saturated rings. The molecule has 0 aliphatic heterocycles. The van der Waals surface area contributed by atoms with Gasteiger partial charge in [0, 0.05) is 16.2 Å². The van der Waals surface area contributed by atoms with E-state index in [0.29, 0.717) is 17.1 Å². The average molecular weight is 322 g/mol. The molecule has 0 bridgehead atoms. The second-order valence-electron chi connectivity index (χ2n) is 3.84. The SMILES string of the molecule is Nc1ccc(NC(=O)Nc2ccccc2Br)c(O)c1. The van der Waals surface area contributed by atoms with Crippen LogP contribution in [0, 0.1) is 0 Å². The van der Waals surface area contributed by atoms with Gasteiger partial charge < -0.3 is 21.5 Å². The minimum atomic E-state index is -0.452. The Balaban J connectivity index is 2.08. The molecule has 5 N–H and O–H groups in total. The van der Waals surface area contributed by atoms with Gasteiger partial charge in [-0.05, 0) is 40.2 Å². The summed E-state index contributed by atoms with van der Waals surface area (Å²) in [6, 6.07) is 11.3. The van der Waals surface area contributed by atoms with Crippen LogP contribution in [0.3, 0.4) is 0 Å². The van der Waals surface area contributed by atoms with Crippen LogP contribution in [0.15, 0.2) is 46.9 Å². The fourth-order valence-corrected chi connectivity index (χ4v) is 1.88. The van der Waals surface area contributed by atoms with Gasteiger partial charge in [0.25, 0.3) is 0 Å². The Kier molecular flexibility index (Phi) is 3.91. The van der Waals surface area contributed by atoms with Gasteiger partial charge in [0.15, 0.2) is 0 Å². The maximum atomic E-state index is 11.8. The molecule has 0 saturated heterocycles. The van der Waals surface area contributed by atoms with Crippen LogP contribution in [0.1, 0.15) is 0 Å². The molecule has 2 amide bonds. The van der Waals surface area contributed by atoms with Crippen molar-refractivity contribution >= 4 is 39.0 Å². The van der Waals surface area contributed by atoms with Gasteiger partial charge in [0.2, 0.25) is 0 Å². The van der Waals surface area contributed by atoms with E-state index in [1.165, 1.54) is 12.1 Å². The molecule has 98 valence electrons. The monoisotopic (exact) mass is 321 g/mol. The van der Waals surface area contributed by atoms with E-state index in [2.05, 4.69) is 26.6 Å². The van der Waals surface area contributed by atoms with Crippen LogP contribution < -0.4 is 16.4 Å². The van der Waals surface area contributed by atoms with Gasteiger partial charge in [-0.15, -0.1) is 0 Å². The van der Waals surface area contributed by atoms with Crippen LogP contribution in [0.25, 0.3) is 0 Å². The van der Waals surface area contributed by atoms with E-state index < -0.39 is 6.03 Å². The predicted molar refractivity (Wildman–Crippen MR) is 79.3 cm³/mol. The molecule has 0 heterocycles. The maximum Gasteiger partial charge on any atom is 0.323 e. The molecule has 2 aromatic carbocycles. The van der Waals surface area contributed by atoms with Gasteiger partial charge in [-0.3, -0.25) is 0 Å². The van der Waals surface area contributed by atoms with Crippen LogP contribution in [0.2, 0.25) is 0 Å². The molecule has 0 aromatic heterocycles. The summed E-state index contributed by atoms with van der Waals surface area (Å²) in [5.74, 6) is -0.0812. The number of phenolic OH excluding ortho intramolecular Hbond substituents is 1. The van der Waals surface area contributed by atoms with E-state index in [4.69, 9.17) is 5.73 Å². The van der Waals surface area contributed by atoms with Gasteiger partial charge in [-0.2, -0.15) is 0 Å².